The van der Waals surface area contributed by atoms with E-state index in [9.17, 15) is 14.0 Å². The minimum absolute atomic E-state index is 0.0669. The Morgan fingerprint density at radius 3 is 2.78 bits per heavy atom. The molecule has 96 valence electrons. The first-order chi connectivity index (χ1) is 8.50. The lowest BCUT2D eigenvalue weighted by Gasteiger charge is -2.21. The minimum atomic E-state index is -1.03. The molecular formula is C12H11ClFNO3. The van der Waals surface area contributed by atoms with Gasteiger partial charge in [0.1, 0.15) is 11.9 Å². The van der Waals surface area contributed by atoms with Crippen LogP contribution >= 0.6 is 11.6 Å². The second-order valence-electron chi connectivity index (χ2n) is 4.12. The number of halogens is 2. The first-order valence-corrected chi connectivity index (χ1v) is 5.87. The third kappa shape index (κ3) is 2.31. The van der Waals surface area contributed by atoms with Gasteiger partial charge < -0.3 is 10.0 Å². The lowest BCUT2D eigenvalue weighted by molar-refractivity contribution is -0.141. The van der Waals surface area contributed by atoms with Crippen LogP contribution < -0.4 is 0 Å². The van der Waals surface area contributed by atoms with Crippen LogP contribution in [-0.2, 0) is 4.79 Å². The minimum Gasteiger partial charge on any atom is -0.480 e. The molecule has 1 N–H and O–H groups in total. The van der Waals surface area contributed by atoms with Crippen molar-refractivity contribution in [2.45, 2.75) is 18.9 Å². The fourth-order valence-corrected chi connectivity index (χ4v) is 2.18. The van der Waals surface area contributed by atoms with Crippen LogP contribution in [0.5, 0.6) is 0 Å². The van der Waals surface area contributed by atoms with Gasteiger partial charge in [-0.05, 0) is 31.0 Å². The van der Waals surface area contributed by atoms with E-state index in [0.29, 0.717) is 19.4 Å². The van der Waals surface area contributed by atoms with E-state index >= 15 is 0 Å². The molecule has 1 aromatic carbocycles. The highest BCUT2D eigenvalue weighted by molar-refractivity contribution is 6.30. The van der Waals surface area contributed by atoms with Crippen molar-refractivity contribution in [3.05, 3.63) is 34.6 Å². The van der Waals surface area contributed by atoms with Crippen molar-refractivity contribution < 1.29 is 19.1 Å². The summed E-state index contributed by atoms with van der Waals surface area (Å²) in [5, 5.41) is 8.92. The van der Waals surface area contributed by atoms with Crippen LogP contribution in [0, 0.1) is 5.82 Å². The number of aliphatic carboxylic acids is 1. The summed E-state index contributed by atoms with van der Waals surface area (Å²) in [5.41, 5.74) is 0.116. The number of benzene rings is 1. The van der Waals surface area contributed by atoms with Crippen molar-refractivity contribution in [2.75, 3.05) is 6.54 Å². The number of carboxylic acid groups (broad SMARTS) is 1. The fourth-order valence-electron chi connectivity index (χ4n) is 2.06. The summed E-state index contributed by atoms with van der Waals surface area (Å²) in [6.07, 6.45) is 1.07. The van der Waals surface area contributed by atoms with Gasteiger partial charge in [0.05, 0.1) is 5.02 Å². The van der Waals surface area contributed by atoms with E-state index in [-0.39, 0.29) is 10.6 Å². The molecule has 2 rings (SSSR count). The summed E-state index contributed by atoms with van der Waals surface area (Å²) in [7, 11) is 0. The number of nitrogens with zero attached hydrogens (tertiary/aromatic N) is 1. The molecule has 1 aliphatic heterocycles. The zero-order valence-corrected chi connectivity index (χ0v) is 10.2. The fraction of sp³-hybridized carbons (Fsp3) is 0.333. The molecule has 4 nitrogen and oxygen atoms in total. The number of rotatable bonds is 2. The van der Waals surface area contributed by atoms with Crippen molar-refractivity contribution in [3.8, 4) is 0 Å². The highest BCUT2D eigenvalue weighted by atomic mass is 35.5. The zero-order chi connectivity index (χ0) is 13.3. The molecule has 1 aromatic rings. The van der Waals surface area contributed by atoms with E-state index in [1.807, 2.05) is 0 Å². The molecule has 0 aromatic heterocycles. The third-order valence-electron chi connectivity index (χ3n) is 2.97. The summed E-state index contributed by atoms with van der Waals surface area (Å²) >= 11 is 5.53. The largest absolute Gasteiger partial charge is 0.480 e. The molecule has 6 heteroatoms. The standard InChI is InChI=1S/C12H11ClFNO3/c13-8-4-3-7(6-9(8)14)11(16)15-5-1-2-10(15)12(17)18/h3-4,6,10H,1-2,5H2,(H,17,18)/t10-/m0/s1. The molecule has 18 heavy (non-hydrogen) atoms. The lowest BCUT2D eigenvalue weighted by atomic mass is 10.1. The number of hydrogen-bond donors (Lipinski definition) is 1. The molecule has 1 aliphatic rings. The Labute approximate surface area is 108 Å². The smallest absolute Gasteiger partial charge is 0.326 e. The van der Waals surface area contributed by atoms with Gasteiger partial charge >= 0.3 is 5.97 Å². The van der Waals surface area contributed by atoms with Crippen LogP contribution in [0.4, 0.5) is 4.39 Å². The molecule has 0 saturated carbocycles. The first-order valence-electron chi connectivity index (χ1n) is 5.49. The van der Waals surface area contributed by atoms with Crippen molar-refractivity contribution in [2.24, 2.45) is 0 Å². The summed E-state index contributed by atoms with van der Waals surface area (Å²) in [6.45, 7) is 0.375. The first kappa shape index (κ1) is 12.8. The summed E-state index contributed by atoms with van der Waals surface area (Å²) in [5.74, 6) is -2.20. The number of likely N-dealkylation sites (tertiary alicyclic amines) is 1. The Bertz CT molecular complexity index is 506. The van der Waals surface area contributed by atoms with Gasteiger partial charge in [0, 0.05) is 12.1 Å². The average molecular weight is 272 g/mol. The number of hydrogen-bond acceptors (Lipinski definition) is 2. The second-order valence-corrected chi connectivity index (χ2v) is 4.53. The number of carbonyl (C=O) groups excluding carboxylic acids is 1. The van der Waals surface area contributed by atoms with E-state index in [1.54, 1.807) is 0 Å². The molecule has 1 amide bonds. The normalized spacial score (nSPS) is 19.0. The van der Waals surface area contributed by atoms with Crippen molar-refractivity contribution >= 4 is 23.5 Å². The van der Waals surface area contributed by atoms with Crippen molar-refractivity contribution in [1.82, 2.24) is 4.90 Å². The van der Waals surface area contributed by atoms with Gasteiger partial charge in [0.25, 0.3) is 5.91 Å². The van der Waals surface area contributed by atoms with E-state index in [1.165, 1.54) is 17.0 Å². The Kier molecular flexibility index (Phi) is 3.52. The molecule has 0 radical (unpaired) electrons. The van der Waals surface area contributed by atoms with Crippen LogP contribution in [0.2, 0.25) is 5.02 Å². The van der Waals surface area contributed by atoms with E-state index in [2.05, 4.69) is 0 Å². The average Bonchev–Trinajstić information content (AvgIpc) is 2.81. The molecule has 0 aliphatic carbocycles. The quantitative estimate of drug-likeness (QED) is 0.897. The molecular weight excluding hydrogens is 261 g/mol. The van der Waals surface area contributed by atoms with Crippen molar-refractivity contribution in [3.63, 3.8) is 0 Å². The molecule has 1 heterocycles. The Morgan fingerprint density at radius 2 is 2.17 bits per heavy atom. The zero-order valence-electron chi connectivity index (χ0n) is 9.40. The SMILES string of the molecule is O=C(O)[C@@H]1CCCN1C(=O)c1ccc(Cl)c(F)c1. The summed E-state index contributed by atoms with van der Waals surface area (Å²) in [4.78, 5) is 24.3. The lowest BCUT2D eigenvalue weighted by Crippen LogP contribution is -2.40. The van der Waals surface area contributed by atoms with Crippen LogP contribution in [-0.4, -0.2) is 34.5 Å². The molecule has 0 unspecified atom stereocenters. The number of amides is 1. The Morgan fingerprint density at radius 1 is 1.44 bits per heavy atom. The topological polar surface area (TPSA) is 57.6 Å². The van der Waals surface area contributed by atoms with Crippen LogP contribution in [0.15, 0.2) is 18.2 Å². The number of carbonyl (C=O) groups is 2. The van der Waals surface area contributed by atoms with Gasteiger partial charge in [0.2, 0.25) is 0 Å². The molecule has 1 atom stereocenters. The second kappa shape index (κ2) is 4.94. The van der Waals surface area contributed by atoms with Gasteiger partial charge in [-0.3, -0.25) is 4.79 Å². The van der Waals surface area contributed by atoms with Gasteiger partial charge in [-0.15, -0.1) is 0 Å². The predicted molar refractivity (Wildman–Crippen MR) is 63.1 cm³/mol. The molecule has 1 fully saturated rings. The van der Waals surface area contributed by atoms with E-state index in [0.717, 1.165) is 6.07 Å². The van der Waals surface area contributed by atoms with Gasteiger partial charge in [-0.2, -0.15) is 0 Å². The van der Waals surface area contributed by atoms with E-state index < -0.39 is 23.7 Å². The molecule has 0 bridgehead atoms. The van der Waals surface area contributed by atoms with Crippen molar-refractivity contribution in [1.29, 1.82) is 0 Å². The Balaban J connectivity index is 2.25. The maximum Gasteiger partial charge on any atom is 0.326 e. The Hall–Kier alpha value is -1.62. The van der Waals surface area contributed by atoms with Gasteiger partial charge in [-0.1, -0.05) is 11.6 Å². The molecule has 0 spiro atoms. The third-order valence-corrected chi connectivity index (χ3v) is 3.27. The predicted octanol–water partition coefficient (Wildman–Crippen LogP) is 2.17. The van der Waals surface area contributed by atoms with Crippen LogP contribution in [0.25, 0.3) is 0 Å². The van der Waals surface area contributed by atoms with Crippen LogP contribution in [0.1, 0.15) is 23.2 Å². The maximum absolute atomic E-state index is 13.3. The van der Waals surface area contributed by atoms with E-state index in [4.69, 9.17) is 16.7 Å². The highest BCUT2D eigenvalue weighted by Gasteiger charge is 2.34. The van der Waals surface area contributed by atoms with Gasteiger partial charge in [0.15, 0.2) is 0 Å². The molecule has 1 saturated heterocycles. The summed E-state index contributed by atoms with van der Waals surface area (Å²) < 4.78 is 13.3. The number of carboxylic acids is 1. The monoisotopic (exact) mass is 271 g/mol. The summed E-state index contributed by atoms with van der Waals surface area (Å²) in [6, 6.07) is 2.89. The van der Waals surface area contributed by atoms with Crippen LogP contribution in [0.3, 0.4) is 0 Å². The van der Waals surface area contributed by atoms with Gasteiger partial charge in [-0.25, -0.2) is 9.18 Å². The maximum atomic E-state index is 13.3. The highest BCUT2D eigenvalue weighted by Crippen LogP contribution is 2.22.